The van der Waals surface area contributed by atoms with Gasteiger partial charge >= 0.3 is 0 Å². The van der Waals surface area contributed by atoms with E-state index in [1.165, 1.54) is 0 Å². The summed E-state index contributed by atoms with van der Waals surface area (Å²) in [6, 6.07) is 14.4. The lowest BCUT2D eigenvalue weighted by atomic mass is 9.95. The summed E-state index contributed by atoms with van der Waals surface area (Å²) >= 11 is 6.03. The molecule has 1 aromatic carbocycles. The SMILES string of the molecule is CCC(C)CCC(=O)CC1c2ccccc2C(=O)N1c1ccc2ccc(Cl)nc2n1. The van der Waals surface area contributed by atoms with Crippen molar-refractivity contribution in [1.29, 1.82) is 0 Å². The molecular weight excluding hydrogens is 398 g/mol. The van der Waals surface area contributed by atoms with Crippen LogP contribution in [-0.2, 0) is 4.79 Å². The standard InChI is InChI=1S/C24H24ClN3O2/c1-3-15(2)8-11-17(29)14-20-18-6-4-5-7-19(18)24(30)28(20)22-13-10-16-9-12-21(25)26-23(16)27-22/h4-7,9-10,12-13,15,20H,3,8,11,14H2,1-2H3. The lowest BCUT2D eigenvalue weighted by molar-refractivity contribution is -0.119. The minimum absolute atomic E-state index is 0.140. The van der Waals surface area contributed by atoms with Crippen LogP contribution in [0.2, 0.25) is 5.15 Å². The second-order valence-electron chi connectivity index (χ2n) is 7.92. The van der Waals surface area contributed by atoms with Crippen LogP contribution in [0.1, 0.15) is 61.5 Å². The van der Waals surface area contributed by atoms with E-state index in [2.05, 4.69) is 23.8 Å². The predicted octanol–water partition coefficient (Wildman–Crippen LogP) is 5.77. The van der Waals surface area contributed by atoms with E-state index in [0.29, 0.717) is 34.5 Å². The van der Waals surface area contributed by atoms with E-state index in [1.54, 1.807) is 17.0 Å². The molecule has 1 aliphatic heterocycles. The Morgan fingerprint density at radius 1 is 1.13 bits per heavy atom. The Morgan fingerprint density at radius 2 is 1.90 bits per heavy atom. The summed E-state index contributed by atoms with van der Waals surface area (Å²) in [6.45, 7) is 4.29. The van der Waals surface area contributed by atoms with Gasteiger partial charge in [0.15, 0.2) is 5.65 Å². The van der Waals surface area contributed by atoms with Gasteiger partial charge in [-0.25, -0.2) is 9.97 Å². The van der Waals surface area contributed by atoms with Gasteiger partial charge in [0.2, 0.25) is 0 Å². The summed E-state index contributed by atoms with van der Waals surface area (Å²) in [5.41, 5.74) is 1.98. The van der Waals surface area contributed by atoms with Crippen molar-refractivity contribution in [3.05, 3.63) is 64.8 Å². The number of ketones is 1. The number of Topliss-reactive ketones (excluding diaryl/α,β-unsaturated/α-hetero) is 1. The highest BCUT2D eigenvalue weighted by molar-refractivity contribution is 6.29. The number of rotatable bonds is 7. The molecule has 0 bridgehead atoms. The van der Waals surface area contributed by atoms with Crippen LogP contribution in [0, 0.1) is 5.92 Å². The van der Waals surface area contributed by atoms with Crippen molar-refractivity contribution < 1.29 is 9.59 Å². The quantitative estimate of drug-likeness (QED) is 0.454. The predicted molar refractivity (Wildman–Crippen MR) is 119 cm³/mol. The smallest absolute Gasteiger partial charge is 0.260 e. The molecule has 1 amide bonds. The lowest BCUT2D eigenvalue weighted by Gasteiger charge is -2.24. The van der Waals surface area contributed by atoms with Crippen molar-refractivity contribution in [2.24, 2.45) is 5.92 Å². The van der Waals surface area contributed by atoms with Crippen LogP contribution in [0.15, 0.2) is 48.5 Å². The molecule has 4 rings (SSSR count). The minimum Gasteiger partial charge on any atom is -0.300 e. The van der Waals surface area contributed by atoms with E-state index in [4.69, 9.17) is 11.6 Å². The topological polar surface area (TPSA) is 63.2 Å². The van der Waals surface area contributed by atoms with E-state index in [0.717, 1.165) is 23.8 Å². The van der Waals surface area contributed by atoms with E-state index in [1.807, 2.05) is 36.4 Å². The van der Waals surface area contributed by atoms with Gasteiger partial charge in [0.1, 0.15) is 16.8 Å². The maximum atomic E-state index is 13.2. The fraction of sp³-hybridized carbons (Fsp3) is 0.333. The van der Waals surface area contributed by atoms with Crippen LogP contribution in [-0.4, -0.2) is 21.7 Å². The van der Waals surface area contributed by atoms with E-state index >= 15 is 0 Å². The molecule has 5 nitrogen and oxygen atoms in total. The van der Waals surface area contributed by atoms with E-state index in [9.17, 15) is 9.59 Å². The summed E-state index contributed by atoms with van der Waals surface area (Å²) in [6.07, 6.45) is 2.73. The van der Waals surface area contributed by atoms with Gasteiger partial charge in [-0.1, -0.05) is 50.1 Å². The van der Waals surface area contributed by atoms with Crippen LogP contribution in [0.3, 0.4) is 0 Å². The molecule has 3 aromatic rings. The van der Waals surface area contributed by atoms with Crippen LogP contribution in [0.25, 0.3) is 11.0 Å². The summed E-state index contributed by atoms with van der Waals surface area (Å²) < 4.78 is 0. The molecule has 0 saturated heterocycles. The summed E-state index contributed by atoms with van der Waals surface area (Å²) in [5, 5.41) is 1.19. The molecule has 30 heavy (non-hydrogen) atoms. The second-order valence-corrected chi connectivity index (χ2v) is 8.31. The number of halogens is 1. The third kappa shape index (κ3) is 3.94. The molecule has 0 aliphatic carbocycles. The largest absolute Gasteiger partial charge is 0.300 e. The molecule has 0 radical (unpaired) electrons. The van der Waals surface area contributed by atoms with E-state index < -0.39 is 0 Å². The molecule has 0 fully saturated rings. The third-order valence-electron chi connectivity index (χ3n) is 5.87. The second kappa shape index (κ2) is 8.52. The van der Waals surface area contributed by atoms with Gasteiger partial charge in [-0.2, -0.15) is 0 Å². The number of carbonyl (C=O) groups is 2. The Hall–Kier alpha value is -2.79. The number of aromatic nitrogens is 2. The van der Waals surface area contributed by atoms with Gasteiger partial charge in [0.05, 0.1) is 6.04 Å². The highest BCUT2D eigenvalue weighted by Gasteiger charge is 2.39. The highest BCUT2D eigenvalue weighted by Crippen LogP contribution is 2.39. The molecule has 2 atom stereocenters. The molecule has 2 aromatic heterocycles. The zero-order chi connectivity index (χ0) is 21.3. The number of hydrogen-bond donors (Lipinski definition) is 0. The van der Waals surface area contributed by atoms with Crippen LogP contribution in [0.5, 0.6) is 0 Å². The Balaban J connectivity index is 1.68. The number of amides is 1. The maximum absolute atomic E-state index is 13.2. The minimum atomic E-state index is -0.359. The monoisotopic (exact) mass is 421 g/mol. The molecule has 6 heteroatoms. The summed E-state index contributed by atoms with van der Waals surface area (Å²) in [4.78, 5) is 36.5. The van der Waals surface area contributed by atoms with Crippen LogP contribution >= 0.6 is 11.6 Å². The summed E-state index contributed by atoms with van der Waals surface area (Å²) in [7, 11) is 0. The number of carbonyl (C=O) groups excluding carboxylic acids is 2. The van der Waals surface area contributed by atoms with Crippen LogP contribution < -0.4 is 4.90 Å². The first-order chi connectivity index (χ1) is 14.5. The van der Waals surface area contributed by atoms with Crippen molar-refractivity contribution in [2.45, 2.75) is 45.6 Å². The molecule has 2 unspecified atom stereocenters. The first kappa shape index (κ1) is 20.5. The van der Waals surface area contributed by atoms with Crippen LogP contribution in [0.4, 0.5) is 5.82 Å². The number of anilines is 1. The van der Waals surface area contributed by atoms with Crippen molar-refractivity contribution in [2.75, 3.05) is 4.90 Å². The number of benzene rings is 1. The normalized spacial score (nSPS) is 16.7. The Labute approximate surface area is 181 Å². The first-order valence-corrected chi connectivity index (χ1v) is 10.7. The molecule has 154 valence electrons. The fourth-order valence-corrected chi connectivity index (χ4v) is 4.03. The Bertz CT molecular complexity index is 1110. The molecule has 0 spiro atoms. The Morgan fingerprint density at radius 3 is 2.70 bits per heavy atom. The molecule has 3 heterocycles. The van der Waals surface area contributed by atoms with Crippen molar-refractivity contribution in [1.82, 2.24) is 9.97 Å². The molecular formula is C24H24ClN3O2. The van der Waals surface area contributed by atoms with Gasteiger partial charge in [-0.3, -0.25) is 14.5 Å². The van der Waals surface area contributed by atoms with Crippen molar-refractivity contribution in [3.8, 4) is 0 Å². The number of fused-ring (bicyclic) bond motifs is 2. The van der Waals surface area contributed by atoms with Gasteiger partial charge in [0.25, 0.3) is 5.91 Å². The maximum Gasteiger partial charge on any atom is 0.260 e. The zero-order valence-corrected chi connectivity index (χ0v) is 17.9. The van der Waals surface area contributed by atoms with E-state index in [-0.39, 0.29) is 24.2 Å². The molecule has 0 saturated carbocycles. The molecule has 1 aliphatic rings. The van der Waals surface area contributed by atoms with Crippen molar-refractivity contribution in [3.63, 3.8) is 0 Å². The molecule has 0 N–H and O–H groups in total. The number of pyridine rings is 2. The van der Waals surface area contributed by atoms with Gasteiger partial charge in [0, 0.05) is 23.8 Å². The number of nitrogens with zero attached hydrogens (tertiary/aromatic N) is 3. The number of hydrogen-bond acceptors (Lipinski definition) is 4. The fourth-order valence-electron chi connectivity index (χ4n) is 3.89. The Kier molecular flexibility index (Phi) is 5.82. The average molecular weight is 422 g/mol. The van der Waals surface area contributed by atoms with Gasteiger partial charge in [-0.05, 0) is 48.2 Å². The third-order valence-corrected chi connectivity index (χ3v) is 6.08. The average Bonchev–Trinajstić information content (AvgIpc) is 3.03. The van der Waals surface area contributed by atoms with Gasteiger partial charge in [-0.15, -0.1) is 0 Å². The van der Waals surface area contributed by atoms with Gasteiger partial charge < -0.3 is 0 Å². The summed E-state index contributed by atoms with van der Waals surface area (Å²) in [5.74, 6) is 1.02. The zero-order valence-electron chi connectivity index (χ0n) is 17.1. The first-order valence-electron chi connectivity index (χ1n) is 10.4. The highest BCUT2D eigenvalue weighted by atomic mass is 35.5. The lowest BCUT2D eigenvalue weighted by Crippen LogP contribution is -2.30. The van der Waals surface area contributed by atoms with Crippen molar-refractivity contribution >= 4 is 40.1 Å².